The summed E-state index contributed by atoms with van der Waals surface area (Å²) in [4.78, 5) is 10.6. The third-order valence-corrected chi connectivity index (χ3v) is 1.43. The van der Waals surface area contributed by atoms with E-state index in [4.69, 9.17) is 10.2 Å². The number of Topliss-reactive ketones (excluding diaryl/α,β-unsaturated/α-hetero) is 1. The first-order chi connectivity index (χ1) is 4.04. The maximum absolute atomic E-state index is 10.6. The molecule has 0 aromatic heterocycles. The van der Waals surface area contributed by atoms with Crippen molar-refractivity contribution in [2.24, 2.45) is 0 Å². The van der Waals surface area contributed by atoms with E-state index in [0.717, 1.165) is 0 Å². The maximum atomic E-state index is 10.6. The normalized spacial score (nSPS) is 16.9. The number of ketones is 1. The van der Waals surface area contributed by atoms with Crippen molar-refractivity contribution in [1.82, 2.24) is 0 Å². The van der Waals surface area contributed by atoms with E-state index in [1.807, 2.05) is 0 Å². The van der Waals surface area contributed by atoms with Crippen LogP contribution >= 0.6 is 0 Å². The Bertz CT molecular complexity index is 107. The first kappa shape index (κ1) is 8.59. The van der Waals surface area contributed by atoms with E-state index in [1.54, 1.807) is 6.92 Å². The molecule has 0 fully saturated rings. The Morgan fingerprint density at radius 3 is 2.22 bits per heavy atom. The van der Waals surface area contributed by atoms with Crippen LogP contribution in [0.1, 0.15) is 20.3 Å². The van der Waals surface area contributed by atoms with Gasteiger partial charge in [0.15, 0.2) is 5.78 Å². The minimum atomic E-state index is -1.34. The third kappa shape index (κ3) is 2.11. The highest BCUT2D eigenvalue weighted by atomic mass is 16.3. The highest BCUT2D eigenvalue weighted by Crippen LogP contribution is 2.08. The van der Waals surface area contributed by atoms with Gasteiger partial charge >= 0.3 is 0 Å². The average Bonchev–Trinajstić information content (AvgIpc) is 1.86. The molecule has 0 heterocycles. The zero-order chi connectivity index (χ0) is 7.49. The number of carbonyl (C=O) groups excluding carboxylic acids is 1. The molecule has 0 aromatic rings. The van der Waals surface area contributed by atoms with Gasteiger partial charge in [0, 0.05) is 0 Å². The molecule has 0 aliphatic rings. The lowest BCUT2D eigenvalue weighted by Crippen LogP contribution is -2.36. The summed E-state index contributed by atoms with van der Waals surface area (Å²) in [5.74, 6) is -0.523. The van der Waals surface area contributed by atoms with Crippen LogP contribution < -0.4 is 0 Å². The molecular weight excluding hydrogens is 120 g/mol. The molecule has 0 unspecified atom stereocenters. The van der Waals surface area contributed by atoms with Gasteiger partial charge in [0.1, 0.15) is 12.2 Å². The molecule has 3 heteroatoms. The smallest absolute Gasteiger partial charge is 0.189 e. The van der Waals surface area contributed by atoms with Crippen molar-refractivity contribution in [3.63, 3.8) is 0 Å². The van der Waals surface area contributed by atoms with E-state index in [-0.39, 0.29) is 0 Å². The van der Waals surface area contributed by atoms with Gasteiger partial charge in [0.25, 0.3) is 0 Å². The first-order valence-electron chi connectivity index (χ1n) is 2.91. The molecule has 0 rings (SSSR count). The third-order valence-electron chi connectivity index (χ3n) is 1.43. The van der Waals surface area contributed by atoms with E-state index in [2.05, 4.69) is 0 Å². The van der Waals surface area contributed by atoms with Gasteiger partial charge in [-0.15, -0.1) is 0 Å². The summed E-state index contributed by atoms with van der Waals surface area (Å²) in [7, 11) is 0. The van der Waals surface area contributed by atoms with Crippen LogP contribution in [-0.4, -0.2) is 28.2 Å². The van der Waals surface area contributed by atoms with Crippen molar-refractivity contribution in [2.45, 2.75) is 25.9 Å². The molecule has 0 spiro atoms. The Morgan fingerprint density at radius 2 is 2.11 bits per heavy atom. The molecule has 0 bridgehead atoms. The molecule has 0 saturated heterocycles. The largest absolute Gasteiger partial charge is 0.388 e. The summed E-state index contributed by atoms with van der Waals surface area (Å²) >= 11 is 0. The van der Waals surface area contributed by atoms with Crippen LogP contribution in [0.3, 0.4) is 0 Å². The average molecular weight is 132 g/mol. The summed E-state index contributed by atoms with van der Waals surface area (Å²) in [6.07, 6.45) is 0.340. The van der Waals surface area contributed by atoms with Crippen molar-refractivity contribution in [3.8, 4) is 0 Å². The quantitative estimate of drug-likeness (QED) is 0.554. The molecule has 3 nitrogen and oxygen atoms in total. The summed E-state index contributed by atoms with van der Waals surface area (Å²) in [5, 5.41) is 17.4. The van der Waals surface area contributed by atoms with Crippen molar-refractivity contribution >= 4 is 5.78 Å². The molecule has 1 atom stereocenters. The van der Waals surface area contributed by atoms with Gasteiger partial charge in [-0.25, -0.2) is 0 Å². The van der Waals surface area contributed by atoms with Crippen molar-refractivity contribution in [3.05, 3.63) is 0 Å². The van der Waals surface area contributed by atoms with Crippen LogP contribution in [0.25, 0.3) is 0 Å². The summed E-state index contributed by atoms with van der Waals surface area (Å²) in [6.45, 7) is 2.50. The summed E-state index contributed by atoms with van der Waals surface area (Å²) < 4.78 is 0. The molecule has 0 saturated carbocycles. The zero-order valence-electron chi connectivity index (χ0n) is 5.72. The van der Waals surface area contributed by atoms with Gasteiger partial charge < -0.3 is 10.2 Å². The van der Waals surface area contributed by atoms with Gasteiger partial charge in [-0.05, 0) is 13.3 Å². The van der Waals surface area contributed by atoms with E-state index in [9.17, 15) is 4.79 Å². The second kappa shape index (κ2) is 2.94. The molecule has 0 radical (unpaired) electrons. The van der Waals surface area contributed by atoms with Crippen LogP contribution in [0.4, 0.5) is 0 Å². The van der Waals surface area contributed by atoms with Crippen LogP contribution in [0.15, 0.2) is 0 Å². The molecule has 2 N–H and O–H groups in total. The fourth-order valence-electron chi connectivity index (χ4n) is 0.367. The Balaban J connectivity index is 3.97. The van der Waals surface area contributed by atoms with E-state index >= 15 is 0 Å². The highest BCUT2D eigenvalue weighted by Gasteiger charge is 2.26. The standard InChI is InChI=1S/C6H12O3/c1-3-6(2,9)5(8)4-7/h7,9H,3-4H2,1-2H3/t6-/m0/s1. The van der Waals surface area contributed by atoms with E-state index in [0.29, 0.717) is 6.42 Å². The van der Waals surface area contributed by atoms with E-state index in [1.165, 1.54) is 6.92 Å². The van der Waals surface area contributed by atoms with Gasteiger partial charge in [0.2, 0.25) is 0 Å². The number of hydrogen-bond donors (Lipinski definition) is 2. The number of rotatable bonds is 3. The van der Waals surface area contributed by atoms with Crippen molar-refractivity contribution < 1.29 is 15.0 Å². The van der Waals surface area contributed by atoms with Gasteiger partial charge in [-0.2, -0.15) is 0 Å². The Morgan fingerprint density at radius 1 is 1.67 bits per heavy atom. The zero-order valence-corrected chi connectivity index (χ0v) is 5.72. The second-order valence-corrected chi connectivity index (χ2v) is 2.21. The Kier molecular flexibility index (Phi) is 2.81. The lowest BCUT2D eigenvalue weighted by atomic mass is 9.99. The molecular formula is C6H12O3. The fraction of sp³-hybridized carbons (Fsp3) is 0.833. The molecule has 0 aromatic carbocycles. The van der Waals surface area contributed by atoms with Gasteiger partial charge in [0.05, 0.1) is 0 Å². The minimum absolute atomic E-state index is 0.340. The van der Waals surface area contributed by atoms with Crippen LogP contribution in [-0.2, 0) is 4.79 Å². The van der Waals surface area contributed by atoms with Crippen molar-refractivity contribution in [2.75, 3.05) is 6.61 Å². The molecule has 9 heavy (non-hydrogen) atoms. The lowest BCUT2D eigenvalue weighted by Gasteiger charge is -2.17. The van der Waals surface area contributed by atoms with Crippen LogP contribution in [0, 0.1) is 0 Å². The molecule has 0 amide bonds. The molecule has 0 aliphatic carbocycles. The van der Waals surface area contributed by atoms with Crippen LogP contribution in [0.5, 0.6) is 0 Å². The first-order valence-corrected chi connectivity index (χ1v) is 2.91. The van der Waals surface area contributed by atoms with Gasteiger partial charge in [-0.1, -0.05) is 6.92 Å². The SMILES string of the molecule is CC[C@](C)(O)C(=O)CO. The van der Waals surface area contributed by atoms with Crippen LogP contribution in [0.2, 0.25) is 0 Å². The van der Waals surface area contributed by atoms with Gasteiger partial charge in [-0.3, -0.25) is 4.79 Å². The number of aliphatic hydroxyl groups is 2. The maximum Gasteiger partial charge on any atom is 0.189 e. The predicted molar refractivity (Wildman–Crippen MR) is 33.0 cm³/mol. The summed E-state index contributed by atoms with van der Waals surface area (Å²) in [6, 6.07) is 0. The number of hydrogen-bond acceptors (Lipinski definition) is 3. The number of carbonyl (C=O) groups is 1. The monoisotopic (exact) mass is 132 g/mol. The topological polar surface area (TPSA) is 57.5 Å². The van der Waals surface area contributed by atoms with Crippen molar-refractivity contribution in [1.29, 1.82) is 0 Å². The Labute approximate surface area is 54.3 Å². The second-order valence-electron chi connectivity index (χ2n) is 2.21. The lowest BCUT2D eigenvalue weighted by molar-refractivity contribution is -0.138. The van der Waals surface area contributed by atoms with E-state index < -0.39 is 18.0 Å². The fourth-order valence-corrected chi connectivity index (χ4v) is 0.367. The number of aliphatic hydroxyl groups excluding tert-OH is 1. The Hall–Kier alpha value is -0.410. The highest BCUT2D eigenvalue weighted by molar-refractivity contribution is 5.87. The molecule has 54 valence electrons. The summed E-state index contributed by atoms with van der Waals surface area (Å²) in [5.41, 5.74) is -1.34. The molecule has 0 aliphatic heterocycles. The predicted octanol–water partition coefficient (Wildman–Crippen LogP) is -0.291. The minimum Gasteiger partial charge on any atom is -0.388 e.